The Hall–Kier alpha value is -1.00. The number of carbonyl (C=O) groups excluding carboxylic acids is 1. The summed E-state index contributed by atoms with van der Waals surface area (Å²) >= 11 is 7.62. The standard InChI is InChI=1S/C15H19ClN2OS/c16-14-9-5-4-6-12(14)10-20-11-15(19)18-17-13-7-2-1-3-8-13/h4-6,9H,1-3,7-8,10-11H2,(H,18,19). The van der Waals surface area contributed by atoms with Gasteiger partial charge in [0, 0.05) is 16.5 Å². The van der Waals surface area contributed by atoms with Crippen LogP contribution < -0.4 is 5.43 Å². The number of benzene rings is 1. The second-order valence-electron chi connectivity index (χ2n) is 4.86. The molecule has 108 valence electrons. The molecule has 1 aromatic carbocycles. The number of rotatable bonds is 5. The Bertz CT molecular complexity index is 483. The Balaban J connectivity index is 1.69. The molecule has 1 aromatic rings. The third-order valence-corrected chi connectivity index (χ3v) is 4.57. The van der Waals surface area contributed by atoms with E-state index in [4.69, 9.17) is 11.6 Å². The molecule has 1 amide bonds. The SMILES string of the molecule is O=C(CSCc1ccccc1Cl)NN=C1CCCCC1. The van der Waals surface area contributed by atoms with Crippen molar-refractivity contribution in [2.45, 2.75) is 37.9 Å². The lowest BCUT2D eigenvalue weighted by atomic mass is 9.99. The minimum Gasteiger partial charge on any atom is -0.272 e. The van der Waals surface area contributed by atoms with Crippen molar-refractivity contribution >= 4 is 35.0 Å². The summed E-state index contributed by atoms with van der Waals surface area (Å²) in [6.45, 7) is 0. The summed E-state index contributed by atoms with van der Waals surface area (Å²) in [5, 5.41) is 4.96. The number of hydrogen-bond donors (Lipinski definition) is 1. The molecule has 20 heavy (non-hydrogen) atoms. The quantitative estimate of drug-likeness (QED) is 0.835. The molecule has 0 spiro atoms. The molecule has 2 rings (SSSR count). The third-order valence-electron chi connectivity index (χ3n) is 3.22. The third kappa shape index (κ3) is 5.17. The van der Waals surface area contributed by atoms with Gasteiger partial charge in [-0.1, -0.05) is 36.2 Å². The van der Waals surface area contributed by atoms with Crippen LogP contribution in [0.2, 0.25) is 5.02 Å². The molecule has 0 aromatic heterocycles. The van der Waals surface area contributed by atoms with Crippen LogP contribution in [0, 0.1) is 0 Å². The van der Waals surface area contributed by atoms with Crippen molar-refractivity contribution in [3.05, 3.63) is 34.9 Å². The predicted molar refractivity (Wildman–Crippen MR) is 86.3 cm³/mol. The van der Waals surface area contributed by atoms with E-state index in [0.29, 0.717) is 5.75 Å². The second-order valence-corrected chi connectivity index (χ2v) is 6.25. The number of hydrazone groups is 1. The van der Waals surface area contributed by atoms with Gasteiger partial charge in [0.15, 0.2) is 0 Å². The number of halogens is 1. The number of nitrogens with zero attached hydrogens (tertiary/aromatic N) is 1. The van der Waals surface area contributed by atoms with Crippen LogP contribution in [0.15, 0.2) is 29.4 Å². The first-order chi connectivity index (χ1) is 9.75. The molecular formula is C15H19ClN2OS. The maximum Gasteiger partial charge on any atom is 0.250 e. The molecule has 5 heteroatoms. The molecule has 0 heterocycles. The monoisotopic (exact) mass is 310 g/mol. The van der Waals surface area contributed by atoms with E-state index in [1.165, 1.54) is 19.3 Å². The molecule has 0 atom stereocenters. The van der Waals surface area contributed by atoms with Crippen molar-refractivity contribution in [1.29, 1.82) is 0 Å². The first-order valence-electron chi connectivity index (χ1n) is 6.91. The highest BCUT2D eigenvalue weighted by Crippen LogP contribution is 2.20. The van der Waals surface area contributed by atoms with Gasteiger partial charge in [0.2, 0.25) is 5.91 Å². The molecule has 0 saturated heterocycles. The van der Waals surface area contributed by atoms with Gasteiger partial charge < -0.3 is 0 Å². The van der Waals surface area contributed by atoms with Gasteiger partial charge in [-0.25, -0.2) is 5.43 Å². The zero-order valence-electron chi connectivity index (χ0n) is 11.4. The Morgan fingerprint density at radius 3 is 2.75 bits per heavy atom. The van der Waals surface area contributed by atoms with E-state index in [0.717, 1.165) is 34.9 Å². The number of amides is 1. The molecule has 1 fully saturated rings. The average molecular weight is 311 g/mol. The number of carbonyl (C=O) groups is 1. The van der Waals surface area contributed by atoms with Crippen LogP contribution in [-0.4, -0.2) is 17.4 Å². The normalized spacial score (nSPS) is 14.9. The molecule has 0 radical (unpaired) electrons. The summed E-state index contributed by atoms with van der Waals surface area (Å²) in [5.74, 6) is 1.10. The molecule has 1 N–H and O–H groups in total. The van der Waals surface area contributed by atoms with E-state index in [2.05, 4.69) is 10.5 Å². The van der Waals surface area contributed by atoms with Crippen LogP contribution in [-0.2, 0) is 10.5 Å². The lowest BCUT2D eigenvalue weighted by Crippen LogP contribution is -2.22. The van der Waals surface area contributed by atoms with Crippen molar-refractivity contribution in [1.82, 2.24) is 5.43 Å². The van der Waals surface area contributed by atoms with Crippen molar-refractivity contribution in [3.63, 3.8) is 0 Å². The number of thioether (sulfide) groups is 1. The van der Waals surface area contributed by atoms with Gasteiger partial charge in [-0.2, -0.15) is 5.10 Å². The molecular weight excluding hydrogens is 292 g/mol. The van der Waals surface area contributed by atoms with Crippen molar-refractivity contribution in [3.8, 4) is 0 Å². The maximum atomic E-state index is 11.7. The van der Waals surface area contributed by atoms with E-state index < -0.39 is 0 Å². The molecule has 1 aliphatic carbocycles. The van der Waals surface area contributed by atoms with Gasteiger partial charge in [-0.15, -0.1) is 11.8 Å². The highest BCUT2D eigenvalue weighted by atomic mass is 35.5. The van der Waals surface area contributed by atoms with Crippen LogP contribution in [0.3, 0.4) is 0 Å². The largest absolute Gasteiger partial charge is 0.272 e. The van der Waals surface area contributed by atoms with Crippen LogP contribution in [0.1, 0.15) is 37.7 Å². The molecule has 1 aliphatic rings. The fraction of sp³-hybridized carbons (Fsp3) is 0.467. The number of hydrogen-bond acceptors (Lipinski definition) is 3. The highest BCUT2D eigenvalue weighted by molar-refractivity contribution is 7.99. The van der Waals surface area contributed by atoms with E-state index >= 15 is 0 Å². The zero-order valence-corrected chi connectivity index (χ0v) is 13.0. The molecule has 0 bridgehead atoms. The fourth-order valence-corrected chi connectivity index (χ4v) is 3.22. The summed E-state index contributed by atoms with van der Waals surface area (Å²) in [6, 6.07) is 7.71. The van der Waals surface area contributed by atoms with E-state index in [1.54, 1.807) is 11.8 Å². The van der Waals surface area contributed by atoms with Crippen LogP contribution in [0.4, 0.5) is 0 Å². The van der Waals surface area contributed by atoms with Crippen molar-refractivity contribution in [2.24, 2.45) is 5.10 Å². The Morgan fingerprint density at radius 1 is 1.25 bits per heavy atom. The smallest absolute Gasteiger partial charge is 0.250 e. The minimum absolute atomic E-state index is 0.0415. The van der Waals surface area contributed by atoms with Crippen LogP contribution in [0.25, 0.3) is 0 Å². The molecule has 0 unspecified atom stereocenters. The van der Waals surface area contributed by atoms with Crippen LogP contribution in [0.5, 0.6) is 0 Å². The Morgan fingerprint density at radius 2 is 2.00 bits per heavy atom. The van der Waals surface area contributed by atoms with Crippen LogP contribution >= 0.6 is 23.4 Å². The first kappa shape index (κ1) is 15.4. The molecule has 1 saturated carbocycles. The van der Waals surface area contributed by atoms with Gasteiger partial charge in [0.25, 0.3) is 0 Å². The molecule has 0 aliphatic heterocycles. The maximum absolute atomic E-state index is 11.7. The minimum atomic E-state index is -0.0415. The second kappa shape index (κ2) is 8.32. The van der Waals surface area contributed by atoms with E-state index in [1.807, 2.05) is 24.3 Å². The van der Waals surface area contributed by atoms with Crippen molar-refractivity contribution < 1.29 is 4.79 Å². The van der Waals surface area contributed by atoms with E-state index in [9.17, 15) is 4.79 Å². The van der Waals surface area contributed by atoms with Gasteiger partial charge in [0.05, 0.1) is 5.75 Å². The van der Waals surface area contributed by atoms with Gasteiger partial charge in [-0.05, 0) is 37.3 Å². The Labute approximate surface area is 129 Å². The summed E-state index contributed by atoms with van der Waals surface area (Å²) in [5.41, 5.74) is 4.83. The topological polar surface area (TPSA) is 41.5 Å². The fourth-order valence-electron chi connectivity index (χ4n) is 2.11. The lowest BCUT2D eigenvalue weighted by Gasteiger charge is -2.11. The van der Waals surface area contributed by atoms with Gasteiger partial charge in [-0.3, -0.25) is 4.79 Å². The zero-order chi connectivity index (χ0) is 14.2. The summed E-state index contributed by atoms with van der Waals surface area (Å²) in [6.07, 6.45) is 5.70. The summed E-state index contributed by atoms with van der Waals surface area (Å²) in [4.78, 5) is 11.7. The van der Waals surface area contributed by atoms with Gasteiger partial charge in [0.1, 0.15) is 0 Å². The Kier molecular flexibility index (Phi) is 6.40. The highest BCUT2D eigenvalue weighted by Gasteiger charge is 2.08. The van der Waals surface area contributed by atoms with Gasteiger partial charge >= 0.3 is 0 Å². The van der Waals surface area contributed by atoms with Crippen molar-refractivity contribution in [2.75, 3.05) is 5.75 Å². The summed E-state index contributed by atoms with van der Waals surface area (Å²) in [7, 11) is 0. The number of nitrogens with one attached hydrogen (secondary N) is 1. The average Bonchev–Trinajstić information content (AvgIpc) is 2.48. The predicted octanol–water partition coefficient (Wildman–Crippen LogP) is 4.01. The lowest BCUT2D eigenvalue weighted by molar-refractivity contribution is -0.118. The molecule has 3 nitrogen and oxygen atoms in total. The first-order valence-corrected chi connectivity index (χ1v) is 8.44. The van der Waals surface area contributed by atoms with E-state index in [-0.39, 0.29) is 5.91 Å². The summed E-state index contributed by atoms with van der Waals surface area (Å²) < 4.78 is 0.